The Hall–Kier alpha value is -2.76. The molecule has 0 saturated heterocycles. The molecule has 6 heteroatoms. The number of hydrogen-bond donors (Lipinski definition) is 1. The molecule has 1 aliphatic heterocycles. The molecule has 23 heavy (non-hydrogen) atoms. The molecule has 0 fully saturated rings. The van der Waals surface area contributed by atoms with Crippen LogP contribution in [-0.2, 0) is 20.0 Å². The molecule has 0 aliphatic carbocycles. The quantitative estimate of drug-likeness (QED) is 0.804. The Morgan fingerprint density at radius 1 is 1.43 bits per heavy atom. The van der Waals surface area contributed by atoms with E-state index in [9.17, 15) is 4.79 Å². The fourth-order valence-corrected chi connectivity index (χ4v) is 3.07. The molecule has 118 valence electrons. The Balaban J connectivity index is 1.50. The molecule has 1 aromatic carbocycles. The predicted octanol–water partition coefficient (Wildman–Crippen LogP) is 1.93. The zero-order chi connectivity index (χ0) is 16.0. The molecule has 3 aromatic rings. The summed E-state index contributed by atoms with van der Waals surface area (Å²) in [5.41, 5.74) is 3.65. The average molecular weight is 310 g/mol. The van der Waals surface area contributed by atoms with E-state index in [1.165, 1.54) is 5.56 Å². The summed E-state index contributed by atoms with van der Waals surface area (Å²) in [6.07, 6.45) is 6.45. The molecular formula is C17H18N4O2. The number of fused-ring (bicyclic) bond motifs is 2. The van der Waals surface area contributed by atoms with Crippen molar-refractivity contribution < 1.29 is 9.53 Å². The van der Waals surface area contributed by atoms with Crippen molar-refractivity contribution in [1.82, 2.24) is 19.5 Å². The maximum Gasteiger partial charge on any atom is 0.256 e. The van der Waals surface area contributed by atoms with Crippen LogP contribution in [0.25, 0.3) is 5.65 Å². The van der Waals surface area contributed by atoms with Crippen molar-refractivity contribution in [2.45, 2.75) is 26.0 Å². The van der Waals surface area contributed by atoms with Gasteiger partial charge in [0.15, 0.2) is 0 Å². The number of carbonyl (C=O) groups excluding carboxylic acids is 1. The van der Waals surface area contributed by atoms with Crippen molar-refractivity contribution in [2.24, 2.45) is 7.05 Å². The zero-order valence-corrected chi connectivity index (χ0v) is 13.1. The number of amides is 1. The van der Waals surface area contributed by atoms with E-state index in [1.807, 2.05) is 36.1 Å². The van der Waals surface area contributed by atoms with E-state index in [2.05, 4.69) is 23.4 Å². The Kier molecular flexibility index (Phi) is 3.11. The van der Waals surface area contributed by atoms with Crippen LogP contribution < -0.4 is 10.1 Å². The van der Waals surface area contributed by atoms with Gasteiger partial charge in [0, 0.05) is 32.4 Å². The second-order valence-electron chi connectivity index (χ2n) is 5.99. The van der Waals surface area contributed by atoms with Gasteiger partial charge in [0.1, 0.15) is 23.1 Å². The molecular weight excluding hydrogens is 292 g/mol. The minimum absolute atomic E-state index is 0.119. The Morgan fingerprint density at radius 2 is 2.30 bits per heavy atom. The molecule has 1 aliphatic rings. The first-order chi connectivity index (χ1) is 11.1. The summed E-state index contributed by atoms with van der Waals surface area (Å²) < 4.78 is 9.28. The van der Waals surface area contributed by atoms with Gasteiger partial charge < -0.3 is 14.6 Å². The van der Waals surface area contributed by atoms with Gasteiger partial charge in [-0.3, -0.25) is 4.79 Å². The fourth-order valence-electron chi connectivity index (χ4n) is 3.07. The van der Waals surface area contributed by atoms with Gasteiger partial charge >= 0.3 is 0 Å². The number of aryl methyl sites for hydroxylation is 1. The van der Waals surface area contributed by atoms with E-state index in [0.29, 0.717) is 12.1 Å². The molecule has 0 radical (unpaired) electrons. The monoisotopic (exact) mass is 310 g/mol. The number of benzene rings is 1. The SMILES string of the molecule is CC1Cc2cc(CNC(=O)c3cnn4ccn(C)c34)ccc2O1. The highest BCUT2D eigenvalue weighted by Crippen LogP contribution is 2.29. The van der Waals surface area contributed by atoms with E-state index in [0.717, 1.165) is 23.4 Å². The minimum Gasteiger partial charge on any atom is -0.490 e. The third-order valence-electron chi connectivity index (χ3n) is 4.19. The summed E-state index contributed by atoms with van der Waals surface area (Å²) in [5, 5.41) is 7.16. The number of nitrogens with zero attached hydrogens (tertiary/aromatic N) is 3. The summed E-state index contributed by atoms with van der Waals surface area (Å²) in [6.45, 7) is 2.55. The van der Waals surface area contributed by atoms with Crippen molar-refractivity contribution in [2.75, 3.05) is 0 Å². The molecule has 0 saturated carbocycles. The van der Waals surface area contributed by atoms with Crippen molar-refractivity contribution in [3.63, 3.8) is 0 Å². The third kappa shape index (κ3) is 2.36. The van der Waals surface area contributed by atoms with Gasteiger partial charge in [-0.15, -0.1) is 0 Å². The van der Waals surface area contributed by atoms with Gasteiger partial charge in [0.05, 0.1) is 6.20 Å². The predicted molar refractivity (Wildman–Crippen MR) is 85.6 cm³/mol. The van der Waals surface area contributed by atoms with Gasteiger partial charge in [0.25, 0.3) is 5.91 Å². The lowest BCUT2D eigenvalue weighted by atomic mass is 10.1. The lowest BCUT2D eigenvalue weighted by molar-refractivity contribution is 0.0952. The maximum absolute atomic E-state index is 12.4. The molecule has 1 amide bonds. The molecule has 0 bridgehead atoms. The molecule has 1 unspecified atom stereocenters. The standard InChI is InChI=1S/C17H18N4O2/c1-11-7-13-8-12(3-4-15(13)23-11)9-18-16(22)14-10-19-21-6-5-20(2)17(14)21/h3-6,8,10-11H,7,9H2,1-2H3,(H,18,22). The molecule has 1 N–H and O–H groups in total. The van der Waals surface area contributed by atoms with Gasteiger partial charge in [-0.05, 0) is 24.1 Å². The summed E-state index contributed by atoms with van der Waals surface area (Å²) in [4.78, 5) is 12.4. The third-order valence-corrected chi connectivity index (χ3v) is 4.19. The highest BCUT2D eigenvalue weighted by atomic mass is 16.5. The van der Waals surface area contributed by atoms with Crippen LogP contribution in [0.5, 0.6) is 5.75 Å². The van der Waals surface area contributed by atoms with Gasteiger partial charge in [-0.1, -0.05) is 12.1 Å². The largest absolute Gasteiger partial charge is 0.490 e. The molecule has 2 aromatic heterocycles. The summed E-state index contributed by atoms with van der Waals surface area (Å²) >= 11 is 0. The number of imidazole rings is 1. The van der Waals surface area contributed by atoms with Crippen molar-refractivity contribution in [3.8, 4) is 5.75 Å². The Bertz CT molecular complexity index is 893. The molecule has 0 spiro atoms. The van der Waals surface area contributed by atoms with Gasteiger partial charge in [-0.2, -0.15) is 5.10 Å². The Morgan fingerprint density at radius 3 is 3.17 bits per heavy atom. The highest BCUT2D eigenvalue weighted by Gasteiger charge is 2.19. The van der Waals surface area contributed by atoms with Crippen LogP contribution >= 0.6 is 0 Å². The second kappa shape index (κ2) is 5.15. The van der Waals surface area contributed by atoms with E-state index in [4.69, 9.17) is 4.74 Å². The van der Waals surface area contributed by atoms with Crippen LogP contribution in [0.2, 0.25) is 0 Å². The van der Waals surface area contributed by atoms with Crippen LogP contribution in [0.4, 0.5) is 0 Å². The smallest absolute Gasteiger partial charge is 0.256 e. The topological polar surface area (TPSA) is 60.6 Å². The highest BCUT2D eigenvalue weighted by molar-refractivity contribution is 5.99. The van der Waals surface area contributed by atoms with Crippen LogP contribution in [0, 0.1) is 0 Å². The average Bonchev–Trinajstić information content (AvgIpc) is 3.20. The fraction of sp³-hybridized carbons (Fsp3) is 0.294. The molecule has 4 rings (SSSR count). The van der Waals surface area contributed by atoms with Gasteiger partial charge in [-0.25, -0.2) is 4.52 Å². The first-order valence-electron chi connectivity index (χ1n) is 7.67. The van der Waals surface area contributed by atoms with Gasteiger partial charge in [0.2, 0.25) is 0 Å². The van der Waals surface area contributed by atoms with E-state index in [-0.39, 0.29) is 12.0 Å². The van der Waals surface area contributed by atoms with Crippen LogP contribution in [0.15, 0.2) is 36.8 Å². The number of aromatic nitrogens is 3. The molecule has 1 atom stereocenters. The Labute approximate surface area is 133 Å². The van der Waals surface area contributed by atoms with Crippen molar-refractivity contribution >= 4 is 11.6 Å². The van der Waals surface area contributed by atoms with E-state index >= 15 is 0 Å². The normalized spacial score (nSPS) is 16.3. The number of hydrogen-bond acceptors (Lipinski definition) is 3. The van der Waals surface area contributed by atoms with Crippen LogP contribution in [0.1, 0.15) is 28.4 Å². The van der Waals surface area contributed by atoms with Crippen LogP contribution in [-0.4, -0.2) is 26.2 Å². The lowest BCUT2D eigenvalue weighted by Crippen LogP contribution is -2.23. The molecule has 3 heterocycles. The second-order valence-corrected chi connectivity index (χ2v) is 5.99. The minimum atomic E-state index is -0.119. The summed E-state index contributed by atoms with van der Waals surface area (Å²) in [7, 11) is 1.90. The van der Waals surface area contributed by atoms with Crippen LogP contribution in [0.3, 0.4) is 0 Å². The number of ether oxygens (including phenoxy) is 1. The van der Waals surface area contributed by atoms with E-state index in [1.54, 1.807) is 10.7 Å². The maximum atomic E-state index is 12.4. The van der Waals surface area contributed by atoms with Crippen molar-refractivity contribution in [3.05, 3.63) is 53.5 Å². The molecule has 6 nitrogen and oxygen atoms in total. The van der Waals surface area contributed by atoms with E-state index < -0.39 is 0 Å². The lowest BCUT2D eigenvalue weighted by Gasteiger charge is -2.06. The number of nitrogens with one attached hydrogen (secondary N) is 1. The summed E-state index contributed by atoms with van der Waals surface area (Å²) in [5.74, 6) is 0.835. The first-order valence-corrected chi connectivity index (χ1v) is 7.67. The zero-order valence-electron chi connectivity index (χ0n) is 13.1. The first kappa shape index (κ1) is 13.9. The van der Waals surface area contributed by atoms with Crippen molar-refractivity contribution in [1.29, 1.82) is 0 Å². The summed E-state index contributed by atoms with van der Waals surface area (Å²) in [6, 6.07) is 6.08. The number of carbonyl (C=O) groups is 1. The number of rotatable bonds is 3.